The van der Waals surface area contributed by atoms with Crippen LogP contribution in [-0.4, -0.2) is 31.6 Å². The smallest absolute Gasteiger partial charge is 0.221 e. The fourth-order valence-corrected chi connectivity index (χ4v) is 4.14. The first kappa shape index (κ1) is 22.2. The van der Waals surface area contributed by atoms with E-state index in [0.717, 1.165) is 5.56 Å². The Morgan fingerprint density at radius 2 is 1.85 bits per heavy atom. The molecule has 0 saturated carbocycles. The van der Waals surface area contributed by atoms with Gasteiger partial charge in [0.2, 0.25) is 5.91 Å². The summed E-state index contributed by atoms with van der Waals surface area (Å²) in [5.74, 6) is -0.438. The number of amides is 1. The number of phenolic OH excluding ortho intramolecular Hbond substituents is 1. The summed E-state index contributed by atoms with van der Waals surface area (Å²) in [4.78, 5) is 19.3. The molecule has 0 bridgehead atoms. The van der Waals surface area contributed by atoms with Gasteiger partial charge >= 0.3 is 0 Å². The number of carbonyl (C=O) groups is 2. The van der Waals surface area contributed by atoms with E-state index in [2.05, 4.69) is 10.6 Å². The van der Waals surface area contributed by atoms with Crippen molar-refractivity contribution in [3.63, 3.8) is 0 Å². The van der Waals surface area contributed by atoms with Gasteiger partial charge in [0.05, 0.1) is 10.6 Å². The predicted molar refractivity (Wildman–Crippen MR) is 106 cm³/mol. The lowest BCUT2D eigenvalue weighted by Crippen LogP contribution is -2.29. The molecule has 0 heterocycles. The molecule has 1 unspecified atom stereocenters. The van der Waals surface area contributed by atoms with Crippen LogP contribution >= 0.6 is 0 Å². The van der Waals surface area contributed by atoms with Crippen molar-refractivity contribution in [2.24, 2.45) is 0 Å². The minimum atomic E-state index is -3.58. The molecule has 0 spiro atoms. The lowest BCUT2D eigenvalue weighted by molar-refractivity contribution is -0.114. The number of aryl methyl sites for hydroxylation is 1. The van der Waals surface area contributed by atoms with Gasteiger partial charge < -0.3 is 20.5 Å². The Hall–Kier alpha value is -2.87. The summed E-state index contributed by atoms with van der Waals surface area (Å²) in [6, 6.07) is 11.3. The lowest BCUT2D eigenvalue weighted by atomic mass is 10.2. The SMILES string of the molecule is C=O.CCC(Nc1ccc(NC(C)=O)c(O)c1)S(=O)(=O)c1cccc(C)c1. The van der Waals surface area contributed by atoms with Gasteiger partial charge in [0.25, 0.3) is 0 Å². The zero-order valence-electron chi connectivity index (χ0n) is 15.5. The predicted octanol–water partition coefficient (Wildman–Crippen LogP) is 3.10. The van der Waals surface area contributed by atoms with E-state index in [1.807, 2.05) is 19.8 Å². The number of hydrogen-bond acceptors (Lipinski definition) is 6. The van der Waals surface area contributed by atoms with E-state index in [1.165, 1.54) is 19.1 Å². The monoisotopic (exact) mass is 392 g/mol. The second-order valence-corrected chi connectivity index (χ2v) is 7.95. The molecule has 2 aromatic rings. The van der Waals surface area contributed by atoms with Crippen LogP contribution in [-0.2, 0) is 19.4 Å². The summed E-state index contributed by atoms with van der Waals surface area (Å²) in [7, 11) is -3.58. The van der Waals surface area contributed by atoms with Crippen molar-refractivity contribution >= 4 is 33.9 Å². The first-order valence-electron chi connectivity index (χ1n) is 8.20. The third-order valence-corrected chi connectivity index (χ3v) is 5.81. The first-order valence-corrected chi connectivity index (χ1v) is 9.75. The van der Waals surface area contributed by atoms with E-state index in [-0.39, 0.29) is 22.2 Å². The van der Waals surface area contributed by atoms with Gasteiger partial charge in [-0.2, -0.15) is 0 Å². The Morgan fingerprint density at radius 1 is 1.19 bits per heavy atom. The van der Waals surface area contributed by atoms with Crippen LogP contribution in [0.25, 0.3) is 0 Å². The molecule has 0 aliphatic carbocycles. The maximum absolute atomic E-state index is 12.8. The fourth-order valence-electron chi connectivity index (χ4n) is 2.46. The van der Waals surface area contributed by atoms with E-state index in [1.54, 1.807) is 31.2 Å². The molecule has 7 nitrogen and oxygen atoms in total. The van der Waals surface area contributed by atoms with E-state index in [9.17, 15) is 18.3 Å². The van der Waals surface area contributed by atoms with Crippen LogP contribution in [0.5, 0.6) is 5.75 Å². The number of sulfone groups is 1. The first-order chi connectivity index (χ1) is 12.7. The zero-order valence-corrected chi connectivity index (χ0v) is 16.3. The van der Waals surface area contributed by atoms with Gasteiger partial charge in [-0.15, -0.1) is 0 Å². The van der Waals surface area contributed by atoms with Crippen molar-refractivity contribution in [2.75, 3.05) is 10.6 Å². The number of anilines is 2. The molecule has 146 valence electrons. The van der Waals surface area contributed by atoms with Gasteiger partial charge in [0, 0.05) is 18.7 Å². The van der Waals surface area contributed by atoms with Crippen molar-refractivity contribution in [1.29, 1.82) is 0 Å². The molecule has 2 aromatic carbocycles. The van der Waals surface area contributed by atoms with Gasteiger partial charge in [0.1, 0.15) is 17.9 Å². The number of benzene rings is 2. The van der Waals surface area contributed by atoms with Crippen molar-refractivity contribution < 1.29 is 23.1 Å². The molecule has 0 radical (unpaired) electrons. The summed E-state index contributed by atoms with van der Waals surface area (Å²) >= 11 is 0. The summed E-state index contributed by atoms with van der Waals surface area (Å²) in [6.45, 7) is 6.95. The number of phenols is 1. The van der Waals surface area contributed by atoms with Gasteiger partial charge in [-0.25, -0.2) is 8.42 Å². The van der Waals surface area contributed by atoms with Gasteiger partial charge in [0.15, 0.2) is 9.84 Å². The van der Waals surface area contributed by atoms with E-state index in [0.29, 0.717) is 12.1 Å². The molecule has 0 aromatic heterocycles. The maximum atomic E-state index is 12.8. The Balaban J connectivity index is 0.00000176. The van der Waals surface area contributed by atoms with Crippen molar-refractivity contribution in [2.45, 2.75) is 37.5 Å². The van der Waals surface area contributed by atoms with Gasteiger partial charge in [-0.1, -0.05) is 19.1 Å². The van der Waals surface area contributed by atoms with E-state index in [4.69, 9.17) is 4.79 Å². The quantitative estimate of drug-likeness (QED) is 0.651. The molecule has 3 N–H and O–H groups in total. The van der Waals surface area contributed by atoms with Gasteiger partial charge in [-0.05, 0) is 43.2 Å². The molecular formula is C19H24N2O5S. The summed E-state index contributed by atoms with van der Waals surface area (Å²) in [5.41, 5.74) is 1.59. The molecular weight excluding hydrogens is 368 g/mol. The highest BCUT2D eigenvalue weighted by atomic mass is 32.2. The molecule has 2 rings (SSSR count). The van der Waals surface area contributed by atoms with Crippen LogP contribution < -0.4 is 10.6 Å². The van der Waals surface area contributed by atoms with Crippen LogP contribution in [0, 0.1) is 6.92 Å². The summed E-state index contributed by atoms with van der Waals surface area (Å²) in [6.07, 6.45) is 0.352. The minimum absolute atomic E-state index is 0.136. The third kappa shape index (κ3) is 5.82. The minimum Gasteiger partial charge on any atom is -0.506 e. The van der Waals surface area contributed by atoms with Crippen molar-refractivity contribution in [3.8, 4) is 5.75 Å². The van der Waals surface area contributed by atoms with Crippen LogP contribution in [0.15, 0.2) is 47.4 Å². The van der Waals surface area contributed by atoms with Crippen molar-refractivity contribution in [1.82, 2.24) is 0 Å². The summed E-state index contributed by atoms with van der Waals surface area (Å²) < 4.78 is 25.7. The van der Waals surface area contributed by atoms with Crippen LogP contribution in [0.2, 0.25) is 0 Å². The number of aromatic hydroxyl groups is 1. The van der Waals surface area contributed by atoms with Crippen LogP contribution in [0.3, 0.4) is 0 Å². The Bertz CT molecular complexity index is 897. The third-order valence-electron chi connectivity index (χ3n) is 3.70. The van der Waals surface area contributed by atoms with E-state index >= 15 is 0 Å². The average molecular weight is 392 g/mol. The second-order valence-electron chi connectivity index (χ2n) is 5.82. The highest BCUT2D eigenvalue weighted by Gasteiger charge is 2.26. The number of carbonyl (C=O) groups excluding carboxylic acids is 2. The maximum Gasteiger partial charge on any atom is 0.221 e. The molecule has 27 heavy (non-hydrogen) atoms. The molecule has 0 saturated heterocycles. The van der Waals surface area contributed by atoms with Crippen LogP contribution in [0.4, 0.5) is 11.4 Å². The molecule has 0 fully saturated rings. The van der Waals surface area contributed by atoms with Gasteiger partial charge in [-0.3, -0.25) is 4.79 Å². The van der Waals surface area contributed by atoms with Crippen molar-refractivity contribution in [3.05, 3.63) is 48.0 Å². The standard InChI is InChI=1S/C18H22N2O4S.CH2O/c1-4-18(25(23,24)15-7-5-6-12(2)10-15)20-14-8-9-16(17(22)11-14)19-13(3)21;1-2/h5-11,18,20,22H,4H2,1-3H3,(H,19,21);1H2. The molecule has 8 heteroatoms. The number of nitrogens with one attached hydrogen (secondary N) is 2. The Labute approximate surface area is 159 Å². The Kier molecular flexibility index (Phi) is 7.99. The fraction of sp³-hybridized carbons (Fsp3) is 0.263. The average Bonchev–Trinajstić information content (AvgIpc) is 2.63. The Morgan fingerprint density at radius 3 is 2.37 bits per heavy atom. The largest absolute Gasteiger partial charge is 0.506 e. The second kappa shape index (κ2) is 9.72. The molecule has 0 aliphatic rings. The number of rotatable bonds is 6. The van der Waals surface area contributed by atoms with E-state index < -0.39 is 15.2 Å². The lowest BCUT2D eigenvalue weighted by Gasteiger charge is -2.20. The summed E-state index contributed by atoms with van der Waals surface area (Å²) in [5, 5.41) is 14.6. The topological polar surface area (TPSA) is 113 Å². The molecule has 1 amide bonds. The molecule has 0 aliphatic heterocycles. The molecule has 1 atom stereocenters. The zero-order chi connectivity index (χ0) is 20.6. The number of hydrogen-bond donors (Lipinski definition) is 3. The highest BCUT2D eigenvalue weighted by Crippen LogP contribution is 2.29. The highest BCUT2D eigenvalue weighted by molar-refractivity contribution is 7.92. The van der Waals surface area contributed by atoms with Crippen LogP contribution in [0.1, 0.15) is 25.8 Å². The normalized spacial score (nSPS) is 11.7.